The zero-order chi connectivity index (χ0) is 14.8. The number of nitrogens with zero attached hydrogens (tertiary/aromatic N) is 1. The monoisotopic (exact) mass is 272 g/mol. The summed E-state index contributed by atoms with van der Waals surface area (Å²) in [6.45, 7) is 7.99. The van der Waals surface area contributed by atoms with Crippen LogP contribution in [-0.4, -0.2) is 11.1 Å². The Morgan fingerprint density at radius 2 is 1.90 bits per heavy atom. The molecule has 0 spiro atoms. The molecule has 4 nitrogen and oxygen atoms in total. The second-order valence-corrected chi connectivity index (χ2v) is 5.93. The molecule has 2 rings (SSSR count). The molecule has 0 unspecified atom stereocenters. The Bertz CT molecular complexity index is 582. The highest BCUT2D eigenvalue weighted by molar-refractivity contribution is 5.92. The minimum Gasteiger partial charge on any atom is -0.360 e. The number of amides is 1. The van der Waals surface area contributed by atoms with E-state index in [0.717, 1.165) is 5.56 Å². The summed E-state index contributed by atoms with van der Waals surface area (Å²) < 4.78 is 5.23. The van der Waals surface area contributed by atoms with E-state index < -0.39 is 0 Å². The van der Waals surface area contributed by atoms with E-state index >= 15 is 0 Å². The molecule has 0 aliphatic carbocycles. The lowest BCUT2D eigenvalue weighted by Crippen LogP contribution is -2.26. The van der Waals surface area contributed by atoms with E-state index in [4.69, 9.17) is 4.52 Å². The van der Waals surface area contributed by atoms with Crippen molar-refractivity contribution in [2.75, 3.05) is 0 Å². The molecule has 106 valence electrons. The molecule has 1 atom stereocenters. The number of carbonyl (C=O) groups is 1. The van der Waals surface area contributed by atoms with Crippen molar-refractivity contribution in [2.45, 2.75) is 39.2 Å². The van der Waals surface area contributed by atoms with Crippen LogP contribution in [0.5, 0.6) is 0 Å². The van der Waals surface area contributed by atoms with Crippen molar-refractivity contribution in [3.8, 4) is 0 Å². The van der Waals surface area contributed by atoms with Gasteiger partial charge in [-0.25, -0.2) is 0 Å². The molecule has 1 N–H and O–H groups in total. The summed E-state index contributed by atoms with van der Waals surface area (Å²) in [7, 11) is 0. The fourth-order valence-corrected chi connectivity index (χ4v) is 1.83. The first-order valence-corrected chi connectivity index (χ1v) is 6.71. The van der Waals surface area contributed by atoms with Gasteiger partial charge in [-0.05, 0) is 12.5 Å². The highest BCUT2D eigenvalue weighted by Gasteiger charge is 2.22. The Hall–Kier alpha value is -2.10. The maximum atomic E-state index is 12.1. The molecule has 20 heavy (non-hydrogen) atoms. The van der Waals surface area contributed by atoms with Gasteiger partial charge in [-0.1, -0.05) is 56.3 Å². The van der Waals surface area contributed by atoms with Gasteiger partial charge in [0.15, 0.2) is 5.69 Å². The van der Waals surface area contributed by atoms with Crippen LogP contribution in [0.3, 0.4) is 0 Å². The summed E-state index contributed by atoms with van der Waals surface area (Å²) in [5, 5.41) is 6.76. The standard InChI is InChI=1S/C16H20N2O2/c1-11(12-8-6-5-7-9-12)17-15(19)13-10-14(20-18-13)16(2,3)4/h5-11H,1-4H3,(H,17,19)/t11-/m0/s1. The van der Waals surface area contributed by atoms with Crippen molar-refractivity contribution in [3.05, 3.63) is 53.4 Å². The van der Waals surface area contributed by atoms with Gasteiger partial charge in [0.2, 0.25) is 0 Å². The Kier molecular flexibility index (Phi) is 3.93. The fourth-order valence-electron chi connectivity index (χ4n) is 1.83. The third kappa shape index (κ3) is 3.26. The predicted molar refractivity (Wildman–Crippen MR) is 77.5 cm³/mol. The lowest BCUT2D eigenvalue weighted by atomic mass is 9.93. The molecule has 0 fully saturated rings. The number of rotatable bonds is 3. The maximum Gasteiger partial charge on any atom is 0.273 e. The molecule has 1 aromatic carbocycles. The van der Waals surface area contributed by atoms with E-state index in [1.54, 1.807) is 6.07 Å². The van der Waals surface area contributed by atoms with E-state index in [1.807, 2.05) is 58.0 Å². The molecule has 0 bridgehead atoms. The molecule has 0 aliphatic rings. The van der Waals surface area contributed by atoms with Gasteiger partial charge in [0.05, 0.1) is 6.04 Å². The van der Waals surface area contributed by atoms with Crippen molar-refractivity contribution in [1.29, 1.82) is 0 Å². The molecule has 1 amide bonds. The highest BCUT2D eigenvalue weighted by Crippen LogP contribution is 2.23. The third-order valence-corrected chi connectivity index (χ3v) is 3.13. The van der Waals surface area contributed by atoms with Gasteiger partial charge >= 0.3 is 0 Å². The van der Waals surface area contributed by atoms with Crippen LogP contribution in [0.1, 0.15) is 55.5 Å². The molecule has 0 saturated heterocycles. The van der Waals surface area contributed by atoms with Gasteiger partial charge in [0.1, 0.15) is 5.76 Å². The van der Waals surface area contributed by atoms with Gasteiger partial charge in [0.25, 0.3) is 5.91 Å². The Balaban J connectivity index is 2.07. The smallest absolute Gasteiger partial charge is 0.273 e. The lowest BCUT2D eigenvalue weighted by molar-refractivity contribution is 0.0930. The first kappa shape index (κ1) is 14.3. The van der Waals surface area contributed by atoms with Gasteiger partial charge in [-0.2, -0.15) is 0 Å². The second kappa shape index (κ2) is 5.49. The van der Waals surface area contributed by atoms with Crippen molar-refractivity contribution < 1.29 is 9.32 Å². The van der Waals surface area contributed by atoms with Crippen LogP contribution >= 0.6 is 0 Å². The van der Waals surface area contributed by atoms with Gasteiger partial charge in [-0.15, -0.1) is 0 Å². The Morgan fingerprint density at radius 3 is 2.45 bits per heavy atom. The summed E-state index contributed by atoms with van der Waals surface area (Å²) in [5.74, 6) is 0.482. The van der Waals surface area contributed by atoms with Gasteiger partial charge < -0.3 is 9.84 Å². The lowest BCUT2D eigenvalue weighted by Gasteiger charge is -2.13. The highest BCUT2D eigenvalue weighted by atomic mass is 16.5. The molecular formula is C16H20N2O2. The third-order valence-electron chi connectivity index (χ3n) is 3.13. The molecule has 2 aromatic rings. The summed E-state index contributed by atoms with van der Waals surface area (Å²) in [6, 6.07) is 11.4. The molecule has 1 heterocycles. The van der Waals surface area contributed by atoms with E-state index in [9.17, 15) is 4.79 Å². The molecule has 0 aliphatic heterocycles. The zero-order valence-corrected chi connectivity index (χ0v) is 12.3. The van der Waals surface area contributed by atoms with Crippen molar-refractivity contribution in [3.63, 3.8) is 0 Å². The first-order valence-electron chi connectivity index (χ1n) is 6.71. The largest absolute Gasteiger partial charge is 0.360 e. The average Bonchev–Trinajstić information content (AvgIpc) is 2.89. The van der Waals surface area contributed by atoms with Crippen molar-refractivity contribution in [2.24, 2.45) is 0 Å². The van der Waals surface area contributed by atoms with Crippen LogP contribution in [0.4, 0.5) is 0 Å². The summed E-state index contributed by atoms with van der Waals surface area (Å²) in [4.78, 5) is 12.1. The van der Waals surface area contributed by atoms with E-state index in [0.29, 0.717) is 11.5 Å². The number of carbonyl (C=O) groups excluding carboxylic acids is 1. The SMILES string of the molecule is C[C@H](NC(=O)c1cc(C(C)(C)C)on1)c1ccccc1. The molecule has 0 saturated carbocycles. The van der Waals surface area contributed by atoms with Crippen molar-refractivity contribution >= 4 is 5.91 Å². The van der Waals surface area contributed by atoms with Crippen LogP contribution in [0, 0.1) is 0 Å². The minimum atomic E-state index is -0.222. The normalized spacial score (nSPS) is 13.0. The van der Waals surface area contributed by atoms with Gasteiger partial charge in [-0.3, -0.25) is 4.79 Å². The van der Waals surface area contributed by atoms with E-state index in [-0.39, 0.29) is 17.4 Å². The van der Waals surface area contributed by atoms with Crippen LogP contribution in [-0.2, 0) is 5.41 Å². The van der Waals surface area contributed by atoms with Crippen molar-refractivity contribution in [1.82, 2.24) is 10.5 Å². The fraction of sp³-hybridized carbons (Fsp3) is 0.375. The van der Waals surface area contributed by atoms with Crippen LogP contribution < -0.4 is 5.32 Å². The van der Waals surface area contributed by atoms with E-state index in [1.165, 1.54) is 0 Å². The topological polar surface area (TPSA) is 55.1 Å². The summed E-state index contributed by atoms with van der Waals surface area (Å²) in [5.41, 5.74) is 1.22. The number of aromatic nitrogens is 1. The van der Waals surface area contributed by atoms with Crippen LogP contribution in [0.25, 0.3) is 0 Å². The Labute approximate surface area is 119 Å². The van der Waals surface area contributed by atoms with Gasteiger partial charge in [0, 0.05) is 11.5 Å². The quantitative estimate of drug-likeness (QED) is 0.930. The number of benzene rings is 1. The Morgan fingerprint density at radius 1 is 1.25 bits per heavy atom. The minimum absolute atomic E-state index is 0.0708. The summed E-state index contributed by atoms with van der Waals surface area (Å²) >= 11 is 0. The number of nitrogens with one attached hydrogen (secondary N) is 1. The molecule has 4 heteroatoms. The molecule has 0 radical (unpaired) electrons. The first-order chi connectivity index (χ1) is 9.38. The number of hydrogen-bond acceptors (Lipinski definition) is 3. The number of hydrogen-bond donors (Lipinski definition) is 1. The zero-order valence-electron chi connectivity index (χ0n) is 12.3. The summed E-state index contributed by atoms with van der Waals surface area (Å²) in [6.07, 6.45) is 0. The molecule has 1 aromatic heterocycles. The second-order valence-electron chi connectivity index (χ2n) is 5.93. The average molecular weight is 272 g/mol. The predicted octanol–water partition coefficient (Wildman–Crippen LogP) is 3.46. The molecular weight excluding hydrogens is 252 g/mol. The van der Waals surface area contributed by atoms with Crippen LogP contribution in [0.15, 0.2) is 40.9 Å². The maximum absolute atomic E-state index is 12.1. The van der Waals surface area contributed by atoms with E-state index in [2.05, 4.69) is 10.5 Å². The van der Waals surface area contributed by atoms with Crippen LogP contribution in [0.2, 0.25) is 0 Å².